The Balaban J connectivity index is 1.79. The van der Waals surface area contributed by atoms with E-state index in [2.05, 4.69) is 14.9 Å². The van der Waals surface area contributed by atoms with Gasteiger partial charge >= 0.3 is 0 Å². The van der Waals surface area contributed by atoms with Gasteiger partial charge in [-0.1, -0.05) is 23.2 Å². The van der Waals surface area contributed by atoms with Crippen molar-refractivity contribution in [1.82, 2.24) is 14.3 Å². The van der Waals surface area contributed by atoms with Crippen molar-refractivity contribution in [3.8, 4) is 0 Å². The molecular formula is C18H23Cl2N5O2S. The number of hydrogen-bond acceptors (Lipinski definition) is 6. The zero-order chi connectivity index (χ0) is 20.6. The molecule has 1 aromatic heterocycles. The van der Waals surface area contributed by atoms with Crippen LogP contribution in [0.2, 0.25) is 10.0 Å². The molecule has 10 heteroatoms. The number of nitrogens with zero attached hydrogens (tertiary/aromatic N) is 5. The third-order valence-corrected chi connectivity index (χ3v) is 7.43. The van der Waals surface area contributed by atoms with Crippen LogP contribution in [0.5, 0.6) is 0 Å². The Hall–Kier alpha value is -1.61. The summed E-state index contributed by atoms with van der Waals surface area (Å²) in [5, 5.41) is 0.588. The first-order chi connectivity index (χ1) is 13.1. The molecular weight excluding hydrogens is 421 g/mol. The van der Waals surface area contributed by atoms with Crippen LogP contribution in [0.25, 0.3) is 0 Å². The lowest BCUT2D eigenvalue weighted by molar-refractivity contribution is 0.383. The normalized spacial score (nSPS) is 15.7. The van der Waals surface area contributed by atoms with Crippen molar-refractivity contribution in [3.63, 3.8) is 0 Å². The molecule has 7 nitrogen and oxygen atoms in total. The summed E-state index contributed by atoms with van der Waals surface area (Å²) in [7, 11) is 0.157. The predicted molar refractivity (Wildman–Crippen MR) is 113 cm³/mol. The Labute approximate surface area is 175 Å². The van der Waals surface area contributed by atoms with Crippen molar-refractivity contribution in [2.45, 2.75) is 18.7 Å². The second-order valence-corrected chi connectivity index (χ2v) is 9.67. The highest BCUT2D eigenvalue weighted by atomic mass is 35.5. The van der Waals surface area contributed by atoms with Crippen LogP contribution in [0.15, 0.2) is 23.1 Å². The van der Waals surface area contributed by atoms with Crippen LogP contribution >= 0.6 is 23.2 Å². The number of sulfonamides is 1. The van der Waals surface area contributed by atoms with Crippen molar-refractivity contribution in [3.05, 3.63) is 39.6 Å². The Morgan fingerprint density at radius 3 is 2.21 bits per heavy atom. The minimum atomic E-state index is -3.69. The number of aromatic nitrogens is 2. The molecule has 1 aliphatic heterocycles. The van der Waals surface area contributed by atoms with Crippen LogP contribution in [-0.2, 0) is 10.0 Å². The molecule has 0 radical (unpaired) electrons. The highest BCUT2D eigenvalue weighted by Gasteiger charge is 2.31. The topological polar surface area (TPSA) is 69.6 Å². The van der Waals surface area contributed by atoms with Crippen molar-refractivity contribution in [2.24, 2.45) is 0 Å². The maximum absolute atomic E-state index is 13.1. The average molecular weight is 444 g/mol. The molecule has 1 aliphatic rings. The Kier molecular flexibility index (Phi) is 6.05. The standard InChI is InChI=1S/C18H23Cl2N5O2S/c1-12-9-16(15(20)10-14(12)19)28(26,27)25-7-5-24(6-8-25)18-11-17(23(3)4)21-13(2)22-18/h9-11H,5-8H2,1-4H3. The van der Waals surface area contributed by atoms with Gasteiger partial charge in [-0.15, -0.1) is 0 Å². The van der Waals surface area contributed by atoms with E-state index >= 15 is 0 Å². The van der Waals surface area contributed by atoms with Gasteiger partial charge < -0.3 is 9.80 Å². The van der Waals surface area contributed by atoms with Crippen LogP contribution in [0.1, 0.15) is 11.4 Å². The first-order valence-corrected chi connectivity index (χ1v) is 11.0. The summed E-state index contributed by atoms with van der Waals surface area (Å²) < 4.78 is 27.6. The molecule has 0 saturated carbocycles. The Morgan fingerprint density at radius 2 is 1.61 bits per heavy atom. The summed E-state index contributed by atoms with van der Waals surface area (Å²) in [5.41, 5.74) is 0.677. The van der Waals surface area contributed by atoms with E-state index in [4.69, 9.17) is 23.2 Å². The number of benzene rings is 1. The summed E-state index contributed by atoms with van der Waals surface area (Å²) in [5.74, 6) is 2.30. The first-order valence-electron chi connectivity index (χ1n) is 8.83. The van der Waals surface area contributed by atoms with Gasteiger partial charge in [-0.2, -0.15) is 4.31 Å². The molecule has 0 amide bonds. The number of hydrogen-bond donors (Lipinski definition) is 0. The van der Waals surface area contributed by atoms with E-state index in [0.717, 1.165) is 11.6 Å². The summed E-state index contributed by atoms with van der Waals surface area (Å²) in [6, 6.07) is 4.92. The second-order valence-electron chi connectivity index (χ2n) is 6.95. The van der Waals surface area contributed by atoms with Gasteiger partial charge in [0.15, 0.2) is 0 Å². The van der Waals surface area contributed by atoms with E-state index in [1.165, 1.54) is 16.4 Å². The number of anilines is 2. The molecule has 0 bridgehead atoms. The lowest BCUT2D eigenvalue weighted by Gasteiger charge is -2.35. The number of aryl methyl sites for hydroxylation is 2. The van der Waals surface area contributed by atoms with Gasteiger partial charge in [-0.25, -0.2) is 18.4 Å². The van der Waals surface area contributed by atoms with E-state index in [-0.39, 0.29) is 9.92 Å². The lowest BCUT2D eigenvalue weighted by Crippen LogP contribution is -2.49. The van der Waals surface area contributed by atoms with E-state index < -0.39 is 10.0 Å². The number of piperazine rings is 1. The molecule has 0 unspecified atom stereocenters. The summed E-state index contributed by atoms with van der Waals surface area (Å²) in [4.78, 5) is 13.0. The highest BCUT2D eigenvalue weighted by molar-refractivity contribution is 7.89. The van der Waals surface area contributed by atoms with Gasteiger partial charge in [-0.05, 0) is 31.5 Å². The maximum Gasteiger partial charge on any atom is 0.244 e. The van der Waals surface area contributed by atoms with Crippen LogP contribution in [0.3, 0.4) is 0 Å². The SMILES string of the molecule is Cc1nc(N(C)C)cc(N2CCN(S(=O)(=O)c3cc(C)c(Cl)cc3Cl)CC2)n1. The molecule has 1 fully saturated rings. The molecule has 3 rings (SSSR count). The minimum absolute atomic E-state index is 0.0947. The average Bonchev–Trinajstić information content (AvgIpc) is 2.64. The molecule has 0 atom stereocenters. The zero-order valence-electron chi connectivity index (χ0n) is 16.3. The predicted octanol–water partition coefficient (Wildman–Crippen LogP) is 2.98. The quantitative estimate of drug-likeness (QED) is 0.723. The van der Waals surface area contributed by atoms with Gasteiger partial charge in [0.05, 0.1) is 5.02 Å². The van der Waals surface area contributed by atoms with Crippen molar-refractivity contribution in [2.75, 3.05) is 50.1 Å². The molecule has 1 aromatic carbocycles. The van der Waals surface area contributed by atoms with Gasteiger partial charge in [-0.3, -0.25) is 0 Å². The van der Waals surface area contributed by atoms with E-state index in [1.54, 1.807) is 6.92 Å². The molecule has 2 heterocycles. The molecule has 28 heavy (non-hydrogen) atoms. The van der Waals surface area contributed by atoms with Gasteiger partial charge in [0.2, 0.25) is 10.0 Å². The van der Waals surface area contributed by atoms with Crippen LogP contribution in [-0.4, -0.2) is 63.0 Å². The number of rotatable bonds is 4. The molecule has 0 N–H and O–H groups in total. The van der Waals surface area contributed by atoms with E-state index in [0.29, 0.717) is 42.6 Å². The van der Waals surface area contributed by atoms with E-state index in [9.17, 15) is 8.42 Å². The summed E-state index contributed by atoms with van der Waals surface area (Å²) >= 11 is 12.2. The van der Waals surface area contributed by atoms with E-state index in [1.807, 2.05) is 32.0 Å². The maximum atomic E-state index is 13.1. The largest absolute Gasteiger partial charge is 0.363 e. The van der Waals surface area contributed by atoms with Crippen LogP contribution < -0.4 is 9.80 Å². The minimum Gasteiger partial charge on any atom is -0.363 e. The van der Waals surface area contributed by atoms with Gasteiger partial charge in [0, 0.05) is 51.4 Å². The molecule has 1 saturated heterocycles. The first kappa shape index (κ1) is 21.1. The fourth-order valence-electron chi connectivity index (χ4n) is 3.05. The fraction of sp³-hybridized carbons (Fsp3) is 0.444. The molecule has 152 valence electrons. The zero-order valence-corrected chi connectivity index (χ0v) is 18.6. The third kappa shape index (κ3) is 4.20. The molecule has 2 aromatic rings. The van der Waals surface area contributed by atoms with Gasteiger partial charge in [0.1, 0.15) is 22.4 Å². The van der Waals surface area contributed by atoms with Gasteiger partial charge in [0.25, 0.3) is 0 Å². The fourth-order valence-corrected chi connectivity index (χ4v) is 5.28. The van der Waals surface area contributed by atoms with Crippen molar-refractivity contribution >= 4 is 44.9 Å². The second kappa shape index (κ2) is 8.02. The van der Waals surface area contributed by atoms with Crippen LogP contribution in [0.4, 0.5) is 11.6 Å². The summed E-state index contributed by atoms with van der Waals surface area (Å²) in [6.45, 7) is 5.37. The highest BCUT2D eigenvalue weighted by Crippen LogP contribution is 2.31. The van der Waals surface area contributed by atoms with Crippen molar-refractivity contribution in [1.29, 1.82) is 0 Å². The smallest absolute Gasteiger partial charge is 0.244 e. The van der Waals surface area contributed by atoms with Crippen LogP contribution in [0, 0.1) is 13.8 Å². The summed E-state index contributed by atoms with van der Waals surface area (Å²) in [6.07, 6.45) is 0. The monoisotopic (exact) mass is 443 g/mol. The number of halogens is 2. The molecule has 0 spiro atoms. The Morgan fingerprint density at radius 1 is 0.964 bits per heavy atom. The Bertz CT molecular complexity index is 990. The lowest BCUT2D eigenvalue weighted by atomic mass is 10.2. The van der Waals surface area contributed by atoms with Crippen molar-refractivity contribution < 1.29 is 8.42 Å². The molecule has 0 aliphatic carbocycles. The third-order valence-electron chi connectivity index (χ3n) is 4.66.